The van der Waals surface area contributed by atoms with E-state index in [0.717, 1.165) is 30.9 Å². The van der Waals surface area contributed by atoms with Crippen LogP contribution in [-0.4, -0.2) is 0 Å². The highest BCUT2D eigenvalue weighted by molar-refractivity contribution is 5.65. The van der Waals surface area contributed by atoms with Crippen LogP contribution >= 0.6 is 0 Å². The Morgan fingerprint density at radius 2 is 1.53 bits per heavy atom. The molecule has 1 aliphatic rings. The summed E-state index contributed by atoms with van der Waals surface area (Å²) in [4.78, 5) is 0. The van der Waals surface area contributed by atoms with Gasteiger partial charge in [-0.05, 0) is 48.2 Å². The Bertz CT molecular complexity index is 1290. The zero-order valence-corrected chi connectivity index (χ0v) is 17.2. The average molecular weight is 434 g/mol. The predicted octanol–water partition coefficient (Wildman–Crippen LogP) is 7.80. The maximum Gasteiger partial charge on any atom is 0.194 e. The smallest absolute Gasteiger partial charge is 0.194 e. The number of benzene rings is 3. The van der Waals surface area contributed by atoms with Crippen molar-refractivity contribution in [3.8, 4) is 11.8 Å². The van der Waals surface area contributed by atoms with Crippen LogP contribution in [0.3, 0.4) is 0 Å². The second kappa shape index (κ2) is 9.19. The van der Waals surface area contributed by atoms with Crippen molar-refractivity contribution in [1.29, 1.82) is 0 Å². The number of rotatable bonds is 4. The number of hydrogen-bond donors (Lipinski definition) is 0. The quantitative estimate of drug-likeness (QED) is 0.173. The largest absolute Gasteiger partial charge is 0.206 e. The van der Waals surface area contributed by atoms with Crippen LogP contribution in [0.5, 0.6) is 0 Å². The molecule has 3 aromatic carbocycles. The van der Waals surface area contributed by atoms with Gasteiger partial charge in [0.25, 0.3) is 0 Å². The summed E-state index contributed by atoms with van der Waals surface area (Å²) >= 11 is 0. The summed E-state index contributed by atoms with van der Waals surface area (Å²) in [6.45, 7) is 2.16. The van der Waals surface area contributed by atoms with Crippen LogP contribution in [0.15, 0.2) is 64.3 Å². The van der Waals surface area contributed by atoms with Gasteiger partial charge in [-0.2, -0.15) is 10.2 Å². The second-order valence-corrected chi connectivity index (χ2v) is 7.48. The van der Waals surface area contributed by atoms with E-state index in [2.05, 4.69) is 35.1 Å². The fourth-order valence-corrected chi connectivity index (χ4v) is 3.50. The van der Waals surface area contributed by atoms with Crippen molar-refractivity contribution in [3.63, 3.8) is 0 Å². The molecule has 3 aromatic rings. The van der Waals surface area contributed by atoms with Crippen LogP contribution in [0, 0.1) is 35.1 Å². The lowest BCUT2D eigenvalue weighted by atomic mass is 10.0. The molecule has 0 aliphatic heterocycles. The van der Waals surface area contributed by atoms with Crippen molar-refractivity contribution < 1.29 is 17.6 Å². The molecule has 4 rings (SSSR count). The number of fused-ring (bicyclic) bond motifs is 1. The van der Waals surface area contributed by atoms with Gasteiger partial charge in [-0.15, -0.1) is 0 Å². The summed E-state index contributed by atoms with van der Waals surface area (Å²) < 4.78 is 53.9. The van der Waals surface area contributed by atoms with E-state index in [1.54, 1.807) is 0 Å². The SMILES string of the molecule is CCCC1=Cc2ccc(C#Cc3ccc(N=Nc4cc(F)c(F)c(F)c4)cc3F)cc2C1. The highest BCUT2D eigenvalue weighted by atomic mass is 19.2. The molecule has 0 bridgehead atoms. The summed E-state index contributed by atoms with van der Waals surface area (Å²) in [7, 11) is 0. The fourth-order valence-electron chi connectivity index (χ4n) is 3.50. The zero-order valence-electron chi connectivity index (χ0n) is 17.2. The van der Waals surface area contributed by atoms with E-state index in [1.165, 1.54) is 28.8 Å². The minimum absolute atomic E-state index is 0.130. The molecule has 6 heteroatoms. The Hall–Kier alpha value is -3.72. The number of azo groups is 1. The number of allylic oxidation sites excluding steroid dienone is 1. The van der Waals surface area contributed by atoms with Crippen molar-refractivity contribution in [1.82, 2.24) is 0 Å². The van der Waals surface area contributed by atoms with Crippen LogP contribution < -0.4 is 0 Å². The number of hydrogen-bond acceptors (Lipinski definition) is 2. The van der Waals surface area contributed by atoms with E-state index in [4.69, 9.17) is 0 Å². The van der Waals surface area contributed by atoms with Gasteiger partial charge in [-0.3, -0.25) is 0 Å². The lowest BCUT2D eigenvalue weighted by Crippen LogP contribution is -1.88. The van der Waals surface area contributed by atoms with Gasteiger partial charge in [0.15, 0.2) is 17.5 Å². The van der Waals surface area contributed by atoms with Crippen LogP contribution in [-0.2, 0) is 6.42 Å². The Kier molecular flexibility index (Phi) is 6.18. The molecule has 160 valence electrons. The predicted molar refractivity (Wildman–Crippen MR) is 116 cm³/mol. The molecule has 0 spiro atoms. The minimum Gasteiger partial charge on any atom is -0.206 e. The molecule has 0 saturated carbocycles. The first kappa shape index (κ1) is 21.5. The van der Waals surface area contributed by atoms with Gasteiger partial charge in [0.05, 0.1) is 16.9 Å². The first-order valence-electron chi connectivity index (χ1n) is 10.1. The summed E-state index contributed by atoms with van der Waals surface area (Å²) in [5, 5.41) is 7.37. The van der Waals surface area contributed by atoms with Gasteiger partial charge in [0.1, 0.15) is 5.82 Å². The summed E-state index contributed by atoms with van der Waals surface area (Å²) in [6.07, 6.45) is 5.33. The molecular formula is C26H18F4N2. The molecule has 0 heterocycles. The van der Waals surface area contributed by atoms with Crippen LogP contribution in [0.2, 0.25) is 0 Å². The minimum atomic E-state index is -1.58. The molecular weight excluding hydrogens is 416 g/mol. The average Bonchev–Trinajstić information content (AvgIpc) is 3.17. The normalized spacial score (nSPS) is 12.5. The number of halogens is 4. The van der Waals surface area contributed by atoms with Crippen LogP contribution in [0.4, 0.5) is 28.9 Å². The summed E-state index contributed by atoms with van der Waals surface area (Å²) in [6, 6.07) is 11.4. The van der Waals surface area contributed by atoms with E-state index in [0.29, 0.717) is 12.1 Å². The molecule has 0 atom stereocenters. The molecule has 32 heavy (non-hydrogen) atoms. The standard InChI is InChI=1S/C26H18F4N2/c1-2-3-17-11-19-7-5-16(10-20(19)12-17)4-6-18-8-9-21(13-23(18)27)31-32-22-14-24(28)26(30)25(29)15-22/h5,7-11,13-15H,2-3,12H2,1H3. The van der Waals surface area contributed by atoms with Crippen molar-refractivity contribution in [3.05, 3.63) is 99.6 Å². The van der Waals surface area contributed by atoms with Gasteiger partial charge in [0.2, 0.25) is 0 Å². The van der Waals surface area contributed by atoms with Gasteiger partial charge >= 0.3 is 0 Å². The third-order valence-corrected chi connectivity index (χ3v) is 5.03. The van der Waals surface area contributed by atoms with Gasteiger partial charge < -0.3 is 0 Å². The monoisotopic (exact) mass is 434 g/mol. The molecule has 1 aliphatic carbocycles. The van der Waals surface area contributed by atoms with Gasteiger partial charge in [-0.1, -0.05) is 42.9 Å². The van der Waals surface area contributed by atoms with E-state index >= 15 is 0 Å². The Balaban J connectivity index is 1.49. The zero-order chi connectivity index (χ0) is 22.7. The Labute approximate surface area is 183 Å². The molecule has 0 aromatic heterocycles. The summed E-state index contributed by atoms with van der Waals surface area (Å²) in [5.74, 6) is 0.878. The molecule has 0 saturated heterocycles. The van der Waals surface area contributed by atoms with Crippen LogP contribution in [0.25, 0.3) is 6.08 Å². The second-order valence-electron chi connectivity index (χ2n) is 7.48. The molecule has 0 fully saturated rings. The maximum atomic E-state index is 14.4. The third-order valence-electron chi connectivity index (χ3n) is 5.03. The van der Waals surface area contributed by atoms with Crippen LogP contribution in [0.1, 0.15) is 42.0 Å². The van der Waals surface area contributed by atoms with E-state index in [-0.39, 0.29) is 16.9 Å². The Morgan fingerprint density at radius 1 is 0.812 bits per heavy atom. The van der Waals surface area contributed by atoms with Crippen molar-refractivity contribution in [2.45, 2.75) is 26.2 Å². The molecule has 0 amide bonds. The fraction of sp³-hybridized carbons (Fsp3) is 0.154. The van der Waals surface area contributed by atoms with Gasteiger partial charge in [-0.25, -0.2) is 17.6 Å². The number of nitrogens with zero attached hydrogens (tertiary/aromatic N) is 2. The highest BCUT2D eigenvalue weighted by Crippen LogP contribution is 2.28. The van der Waals surface area contributed by atoms with E-state index in [9.17, 15) is 17.6 Å². The van der Waals surface area contributed by atoms with E-state index in [1.807, 2.05) is 18.2 Å². The van der Waals surface area contributed by atoms with Crippen molar-refractivity contribution >= 4 is 17.5 Å². The van der Waals surface area contributed by atoms with E-state index < -0.39 is 23.3 Å². The van der Waals surface area contributed by atoms with Crippen molar-refractivity contribution in [2.24, 2.45) is 10.2 Å². The molecule has 2 nitrogen and oxygen atoms in total. The molecule has 0 N–H and O–H groups in total. The first-order valence-corrected chi connectivity index (χ1v) is 10.1. The van der Waals surface area contributed by atoms with Gasteiger partial charge in [0, 0.05) is 23.8 Å². The first-order chi connectivity index (χ1) is 15.4. The molecule has 0 unspecified atom stereocenters. The van der Waals surface area contributed by atoms with Crippen molar-refractivity contribution in [2.75, 3.05) is 0 Å². The molecule has 0 radical (unpaired) electrons. The third kappa shape index (κ3) is 4.78. The maximum absolute atomic E-state index is 14.4. The Morgan fingerprint density at radius 3 is 2.25 bits per heavy atom. The lowest BCUT2D eigenvalue weighted by molar-refractivity contribution is 0.447. The highest BCUT2D eigenvalue weighted by Gasteiger charge is 2.12. The summed E-state index contributed by atoms with van der Waals surface area (Å²) in [5.41, 5.74) is 4.75. The topological polar surface area (TPSA) is 24.7 Å². The lowest BCUT2D eigenvalue weighted by Gasteiger charge is -2.00.